The molecule has 0 aromatic rings. The van der Waals surface area contributed by atoms with E-state index in [0.717, 1.165) is 19.6 Å². The van der Waals surface area contributed by atoms with Gasteiger partial charge in [-0.05, 0) is 57.3 Å². The number of piperidine rings is 2. The van der Waals surface area contributed by atoms with Crippen molar-refractivity contribution >= 4 is 5.97 Å². The Morgan fingerprint density at radius 1 is 1.28 bits per heavy atom. The Morgan fingerprint density at radius 2 is 1.94 bits per heavy atom. The Balaban J connectivity index is 1.73. The van der Waals surface area contributed by atoms with Crippen LogP contribution in [0.15, 0.2) is 12.2 Å². The predicted octanol–water partition coefficient (Wildman–Crippen LogP) is 1.18. The molecule has 4 nitrogen and oxygen atoms in total. The van der Waals surface area contributed by atoms with E-state index in [9.17, 15) is 4.79 Å². The topological polar surface area (TPSA) is 41.6 Å². The second-order valence-corrected chi connectivity index (χ2v) is 5.48. The molecule has 0 saturated carbocycles. The molecule has 0 aromatic heterocycles. The highest BCUT2D eigenvalue weighted by atomic mass is 16.5. The summed E-state index contributed by atoms with van der Waals surface area (Å²) in [5, 5.41) is 3.44. The first-order valence-electron chi connectivity index (χ1n) is 6.92. The van der Waals surface area contributed by atoms with Gasteiger partial charge >= 0.3 is 5.97 Å². The molecule has 2 fully saturated rings. The molecule has 1 spiro atoms. The van der Waals surface area contributed by atoms with E-state index in [2.05, 4.69) is 15.0 Å². The Kier molecular flexibility index (Phi) is 4.78. The van der Waals surface area contributed by atoms with E-state index in [1.165, 1.54) is 52.0 Å². The molecule has 0 unspecified atom stereocenters. The fourth-order valence-corrected chi connectivity index (χ4v) is 3.03. The highest BCUT2D eigenvalue weighted by molar-refractivity contribution is 5.81. The average Bonchev–Trinajstić information content (AvgIpc) is 2.42. The van der Waals surface area contributed by atoms with Crippen molar-refractivity contribution < 1.29 is 9.53 Å². The summed E-state index contributed by atoms with van der Waals surface area (Å²) in [5.41, 5.74) is 0.605. The van der Waals surface area contributed by atoms with Gasteiger partial charge in [-0.3, -0.25) is 4.90 Å². The van der Waals surface area contributed by atoms with Crippen LogP contribution in [-0.4, -0.2) is 50.7 Å². The minimum Gasteiger partial charge on any atom is -0.466 e. The molecule has 1 N–H and O–H groups in total. The van der Waals surface area contributed by atoms with Crippen molar-refractivity contribution in [3.8, 4) is 0 Å². The molecule has 2 aliphatic rings. The van der Waals surface area contributed by atoms with Gasteiger partial charge in [-0.2, -0.15) is 0 Å². The highest BCUT2D eigenvalue weighted by Gasteiger charge is 2.34. The predicted molar refractivity (Wildman–Crippen MR) is 71.4 cm³/mol. The van der Waals surface area contributed by atoms with Crippen molar-refractivity contribution in [3.63, 3.8) is 0 Å². The zero-order chi connectivity index (χ0) is 12.8. The number of nitrogens with zero attached hydrogens (tertiary/aromatic N) is 1. The van der Waals surface area contributed by atoms with Gasteiger partial charge in [0.25, 0.3) is 0 Å². The summed E-state index contributed by atoms with van der Waals surface area (Å²) in [5.74, 6) is -0.262. The fraction of sp³-hybridized carbons (Fsp3) is 0.786. The van der Waals surface area contributed by atoms with Crippen LogP contribution in [0.4, 0.5) is 0 Å². The summed E-state index contributed by atoms with van der Waals surface area (Å²) in [7, 11) is 1.41. The maximum absolute atomic E-state index is 11.0. The van der Waals surface area contributed by atoms with E-state index in [0.29, 0.717) is 5.41 Å². The molecule has 0 radical (unpaired) electrons. The van der Waals surface area contributed by atoms with Crippen LogP contribution < -0.4 is 5.32 Å². The van der Waals surface area contributed by atoms with Gasteiger partial charge < -0.3 is 10.1 Å². The van der Waals surface area contributed by atoms with Crippen molar-refractivity contribution in [2.24, 2.45) is 5.41 Å². The SMILES string of the molecule is COC(=O)/C=C/CN1CCC2(CCNCC2)CC1. The Bertz CT molecular complexity index is 299. The summed E-state index contributed by atoms with van der Waals surface area (Å²) < 4.78 is 4.58. The van der Waals surface area contributed by atoms with Crippen LogP contribution in [0.1, 0.15) is 25.7 Å². The normalized spacial score (nSPS) is 24.5. The van der Waals surface area contributed by atoms with Gasteiger partial charge in [0.1, 0.15) is 0 Å². The van der Waals surface area contributed by atoms with E-state index < -0.39 is 0 Å². The van der Waals surface area contributed by atoms with Crippen LogP contribution in [-0.2, 0) is 9.53 Å². The average molecular weight is 252 g/mol. The molecule has 2 rings (SSSR count). The first-order chi connectivity index (χ1) is 8.74. The lowest BCUT2D eigenvalue weighted by Gasteiger charge is -2.44. The number of ether oxygens (including phenoxy) is 1. The van der Waals surface area contributed by atoms with Gasteiger partial charge in [0.2, 0.25) is 0 Å². The van der Waals surface area contributed by atoms with Gasteiger partial charge in [-0.15, -0.1) is 0 Å². The molecule has 2 saturated heterocycles. The van der Waals surface area contributed by atoms with Crippen LogP contribution in [0.3, 0.4) is 0 Å². The third-order valence-electron chi connectivity index (χ3n) is 4.40. The number of esters is 1. The molecular weight excluding hydrogens is 228 g/mol. The first-order valence-corrected chi connectivity index (χ1v) is 6.92. The molecule has 0 aliphatic carbocycles. The Labute approximate surface area is 109 Å². The maximum Gasteiger partial charge on any atom is 0.330 e. The molecule has 0 bridgehead atoms. The zero-order valence-electron chi connectivity index (χ0n) is 11.3. The number of hydrogen-bond donors (Lipinski definition) is 1. The number of likely N-dealkylation sites (tertiary alicyclic amines) is 1. The summed E-state index contributed by atoms with van der Waals surface area (Å²) >= 11 is 0. The Morgan fingerprint density at radius 3 is 2.56 bits per heavy atom. The largest absolute Gasteiger partial charge is 0.466 e. The number of hydrogen-bond acceptors (Lipinski definition) is 4. The molecule has 0 amide bonds. The molecule has 2 heterocycles. The van der Waals surface area contributed by atoms with Gasteiger partial charge in [0.05, 0.1) is 7.11 Å². The minimum absolute atomic E-state index is 0.262. The van der Waals surface area contributed by atoms with E-state index in [-0.39, 0.29) is 5.97 Å². The third-order valence-corrected chi connectivity index (χ3v) is 4.40. The smallest absolute Gasteiger partial charge is 0.330 e. The molecule has 0 atom stereocenters. The van der Waals surface area contributed by atoms with Gasteiger partial charge in [-0.1, -0.05) is 6.08 Å². The molecule has 2 aliphatic heterocycles. The number of carbonyl (C=O) groups is 1. The van der Waals surface area contributed by atoms with Gasteiger partial charge in [-0.25, -0.2) is 4.79 Å². The molecule has 0 aromatic carbocycles. The van der Waals surface area contributed by atoms with E-state index >= 15 is 0 Å². The van der Waals surface area contributed by atoms with Crippen LogP contribution in [0.2, 0.25) is 0 Å². The van der Waals surface area contributed by atoms with Crippen LogP contribution in [0.5, 0.6) is 0 Å². The lowest BCUT2D eigenvalue weighted by molar-refractivity contribution is -0.134. The first kappa shape index (κ1) is 13.6. The van der Waals surface area contributed by atoms with Gasteiger partial charge in [0.15, 0.2) is 0 Å². The standard InChI is InChI=1S/C14H24N2O2/c1-18-13(17)3-2-10-16-11-6-14(7-12-16)4-8-15-9-5-14/h2-3,15H,4-12H2,1H3/b3-2+. The highest BCUT2D eigenvalue weighted by Crippen LogP contribution is 2.39. The third kappa shape index (κ3) is 3.56. The fourth-order valence-electron chi connectivity index (χ4n) is 3.03. The van der Waals surface area contributed by atoms with E-state index in [4.69, 9.17) is 0 Å². The summed E-state index contributed by atoms with van der Waals surface area (Å²) in [6, 6.07) is 0. The van der Waals surface area contributed by atoms with Crippen LogP contribution >= 0.6 is 0 Å². The van der Waals surface area contributed by atoms with Crippen molar-refractivity contribution in [1.29, 1.82) is 0 Å². The monoisotopic (exact) mass is 252 g/mol. The maximum atomic E-state index is 11.0. The minimum atomic E-state index is -0.262. The molecular formula is C14H24N2O2. The van der Waals surface area contributed by atoms with Gasteiger partial charge in [0, 0.05) is 12.6 Å². The summed E-state index contributed by atoms with van der Waals surface area (Å²) in [6.07, 6.45) is 8.71. The second kappa shape index (κ2) is 6.34. The number of carbonyl (C=O) groups excluding carboxylic acids is 1. The van der Waals surface area contributed by atoms with Crippen molar-refractivity contribution in [3.05, 3.63) is 12.2 Å². The quantitative estimate of drug-likeness (QED) is 0.605. The number of methoxy groups -OCH3 is 1. The summed E-state index contributed by atoms with van der Waals surface area (Å²) in [6.45, 7) is 5.55. The zero-order valence-corrected chi connectivity index (χ0v) is 11.3. The van der Waals surface area contributed by atoms with Crippen molar-refractivity contribution in [2.45, 2.75) is 25.7 Å². The number of nitrogens with one attached hydrogen (secondary N) is 1. The molecule has 4 heteroatoms. The van der Waals surface area contributed by atoms with E-state index in [1.54, 1.807) is 0 Å². The molecule has 18 heavy (non-hydrogen) atoms. The number of rotatable bonds is 3. The second-order valence-electron chi connectivity index (χ2n) is 5.48. The van der Waals surface area contributed by atoms with Crippen LogP contribution in [0.25, 0.3) is 0 Å². The summed E-state index contributed by atoms with van der Waals surface area (Å²) in [4.78, 5) is 13.4. The molecule has 102 valence electrons. The van der Waals surface area contributed by atoms with Crippen molar-refractivity contribution in [1.82, 2.24) is 10.2 Å². The van der Waals surface area contributed by atoms with E-state index in [1.807, 2.05) is 6.08 Å². The lowest BCUT2D eigenvalue weighted by Crippen LogP contribution is -2.45. The van der Waals surface area contributed by atoms with Crippen molar-refractivity contribution in [2.75, 3.05) is 39.8 Å². The Hall–Kier alpha value is -0.870. The van der Waals surface area contributed by atoms with Crippen LogP contribution in [0, 0.1) is 5.41 Å². The lowest BCUT2D eigenvalue weighted by atomic mass is 9.71.